The maximum atomic E-state index is 6.08. The van der Waals surface area contributed by atoms with Crippen LogP contribution in [-0.2, 0) is 6.54 Å². The van der Waals surface area contributed by atoms with Gasteiger partial charge in [0.2, 0.25) is 0 Å². The van der Waals surface area contributed by atoms with Crippen LogP contribution >= 0.6 is 0 Å². The summed E-state index contributed by atoms with van der Waals surface area (Å²) in [5, 5.41) is 0. The molecule has 0 unspecified atom stereocenters. The molecule has 0 atom stereocenters. The van der Waals surface area contributed by atoms with Crippen molar-refractivity contribution in [2.75, 3.05) is 40.0 Å². The van der Waals surface area contributed by atoms with E-state index in [1.165, 1.54) is 31.5 Å². The molecule has 19 heavy (non-hydrogen) atoms. The quantitative estimate of drug-likeness (QED) is 0.841. The smallest absolute Gasteiger partial charge is 0.120 e. The molecular weight excluding hydrogens is 238 g/mol. The van der Waals surface area contributed by atoms with Crippen molar-refractivity contribution in [2.24, 2.45) is 0 Å². The minimum absolute atomic E-state index is 0.665. The van der Waals surface area contributed by atoms with Crippen LogP contribution < -0.4 is 10.5 Å². The van der Waals surface area contributed by atoms with Crippen molar-refractivity contribution >= 4 is 5.69 Å². The summed E-state index contributed by atoms with van der Waals surface area (Å²) in [5.74, 6) is 0.822. The van der Waals surface area contributed by atoms with E-state index in [0.29, 0.717) is 6.04 Å². The molecule has 0 aliphatic carbocycles. The Morgan fingerprint density at radius 3 is 2.63 bits per heavy atom. The first-order chi connectivity index (χ1) is 9.10. The van der Waals surface area contributed by atoms with Crippen LogP contribution in [0.15, 0.2) is 18.2 Å². The van der Waals surface area contributed by atoms with Gasteiger partial charge in [0.15, 0.2) is 0 Å². The molecule has 0 bridgehead atoms. The number of piperidine rings is 1. The molecule has 0 amide bonds. The van der Waals surface area contributed by atoms with Gasteiger partial charge < -0.3 is 15.4 Å². The Morgan fingerprint density at radius 1 is 1.37 bits per heavy atom. The number of hydrogen-bond donors (Lipinski definition) is 1. The fraction of sp³-hybridized carbons (Fsp3) is 0.600. The molecule has 4 nitrogen and oxygen atoms in total. The number of nitrogen functional groups attached to an aromatic ring is 1. The predicted molar refractivity (Wildman–Crippen MR) is 79.4 cm³/mol. The molecule has 0 radical (unpaired) electrons. The van der Waals surface area contributed by atoms with Crippen LogP contribution in [0, 0.1) is 0 Å². The van der Waals surface area contributed by atoms with Gasteiger partial charge in [-0.2, -0.15) is 0 Å². The van der Waals surface area contributed by atoms with E-state index in [-0.39, 0.29) is 0 Å². The van der Waals surface area contributed by atoms with Gasteiger partial charge >= 0.3 is 0 Å². The maximum Gasteiger partial charge on any atom is 0.120 e. The van der Waals surface area contributed by atoms with E-state index in [1.54, 1.807) is 7.11 Å². The summed E-state index contributed by atoms with van der Waals surface area (Å²) in [6.45, 7) is 3.28. The molecule has 106 valence electrons. The lowest BCUT2D eigenvalue weighted by molar-refractivity contribution is 0.139. The third-order valence-electron chi connectivity index (χ3n) is 4.08. The number of ether oxygens (including phenoxy) is 1. The molecule has 2 N–H and O–H groups in total. The molecule has 1 aromatic rings. The third kappa shape index (κ3) is 3.61. The Kier molecular flexibility index (Phi) is 4.66. The number of benzene rings is 1. The topological polar surface area (TPSA) is 41.7 Å². The third-order valence-corrected chi connectivity index (χ3v) is 4.08. The average molecular weight is 263 g/mol. The summed E-state index contributed by atoms with van der Waals surface area (Å²) in [6, 6.07) is 6.61. The minimum Gasteiger partial charge on any atom is -0.497 e. The molecule has 1 aromatic carbocycles. The van der Waals surface area contributed by atoms with Crippen molar-refractivity contribution in [2.45, 2.75) is 25.4 Å². The summed E-state index contributed by atoms with van der Waals surface area (Å²) in [5.41, 5.74) is 8.08. The number of nitrogens with zero attached hydrogens (tertiary/aromatic N) is 2. The van der Waals surface area contributed by atoms with Gasteiger partial charge in [0.25, 0.3) is 0 Å². The van der Waals surface area contributed by atoms with E-state index in [4.69, 9.17) is 10.5 Å². The molecule has 1 saturated heterocycles. The lowest BCUT2D eigenvalue weighted by Crippen LogP contribution is -2.41. The van der Waals surface area contributed by atoms with Crippen molar-refractivity contribution in [3.63, 3.8) is 0 Å². The van der Waals surface area contributed by atoms with E-state index < -0.39 is 0 Å². The second-order valence-electron chi connectivity index (χ2n) is 5.51. The lowest BCUT2D eigenvalue weighted by Gasteiger charge is -2.35. The van der Waals surface area contributed by atoms with Crippen LogP contribution in [0.4, 0.5) is 5.69 Å². The Bertz CT molecular complexity index is 414. The SMILES string of the molecule is COc1ccc(CN(C)C2CCN(C)CC2)c(N)c1. The van der Waals surface area contributed by atoms with Crippen LogP contribution in [0.1, 0.15) is 18.4 Å². The Labute approximate surface area is 116 Å². The van der Waals surface area contributed by atoms with Crippen molar-refractivity contribution in [3.05, 3.63) is 23.8 Å². The Morgan fingerprint density at radius 2 is 2.05 bits per heavy atom. The summed E-state index contributed by atoms with van der Waals surface area (Å²) in [6.07, 6.45) is 2.48. The second-order valence-corrected chi connectivity index (χ2v) is 5.51. The van der Waals surface area contributed by atoms with Gasteiger partial charge in [-0.3, -0.25) is 4.90 Å². The number of hydrogen-bond acceptors (Lipinski definition) is 4. The van der Waals surface area contributed by atoms with Crippen molar-refractivity contribution in [1.82, 2.24) is 9.80 Å². The van der Waals surface area contributed by atoms with Gasteiger partial charge in [-0.1, -0.05) is 6.07 Å². The minimum atomic E-state index is 0.665. The Hall–Kier alpha value is -1.26. The fourth-order valence-corrected chi connectivity index (χ4v) is 2.68. The van der Waals surface area contributed by atoms with Crippen LogP contribution in [0.3, 0.4) is 0 Å². The molecule has 1 heterocycles. The number of likely N-dealkylation sites (tertiary alicyclic amines) is 1. The zero-order chi connectivity index (χ0) is 13.8. The average Bonchev–Trinajstić information content (AvgIpc) is 2.41. The number of methoxy groups -OCH3 is 1. The first-order valence-corrected chi connectivity index (χ1v) is 6.91. The first-order valence-electron chi connectivity index (χ1n) is 6.91. The van der Waals surface area contributed by atoms with Crippen molar-refractivity contribution in [1.29, 1.82) is 0 Å². The summed E-state index contributed by atoms with van der Waals surface area (Å²) in [4.78, 5) is 4.82. The maximum absolute atomic E-state index is 6.08. The van der Waals surface area contributed by atoms with Gasteiger partial charge in [-0.25, -0.2) is 0 Å². The Balaban J connectivity index is 1.96. The highest BCUT2D eigenvalue weighted by Crippen LogP contribution is 2.23. The lowest BCUT2D eigenvalue weighted by atomic mass is 10.0. The number of anilines is 1. The van der Waals surface area contributed by atoms with Gasteiger partial charge in [0, 0.05) is 24.3 Å². The summed E-state index contributed by atoms with van der Waals surface area (Å²) < 4.78 is 5.18. The van der Waals surface area contributed by atoms with Crippen LogP contribution in [0.2, 0.25) is 0 Å². The summed E-state index contributed by atoms with van der Waals surface area (Å²) >= 11 is 0. The van der Waals surface area contributed by atoms with Crippen LogP contribution in [0.5, 0.6) is 5.75 Å². The van der Waals surface area contributed by atoms with E-state index in [0.717, 1.165) is 18.0 Å². The number of nitrogens with two attached hydrogens (primary N) is 1. The van der Waals surface area contributed by atoms with E-state index >= 15 is 0 Å². The highest BCUT2D eigenvalue weighted by Gasteiger charge is 2.20. The van der Waals surface area contributed by atoms with Gasteiger partial charge in [0.05, 0.1) is 7.11 Å². The highest BCUT2D eigenvalue weighted by atomic mass is 16.5. The predicted octanol–water partition coefficient (Wildman–Crippen LogP) is 1.80. The second kappa shape index (κ2) is 6.26. The van der Waals surface area contributed by atoms with E-state index in [1.807, 2.05) is 12.1 Å². The largest absolute Gasteiger partial charge is 0.497 e. The highest BCUT2D eigenvalue weighted by molar-refractivity contribution is 5.51. The van der Waals surface area contributed by atoms with Crippen molar-refractivity contribution in [3.8, 4) is 5.75 Å². The van der Waals surface area contributed by atoms with Crippen LogP contribution in [-0.4, -0.2) is 50.1 Å². The van der Waals surface area contributed by atoms with E-state index in [2.05, 4.69) is 30.0 Å². The van der Waals surface area contributed by atoms with Gasteiger partial charge in [-0.15, -0.1) is 0 Å². The molecule has 1 aliphatic heterocycles. The molecule has 0 spiro atoms. The van der Waals surface area contributed by atoms with E-state index in [9.17, 15) is 0 Å². The number of rotatable bonds is 4. The molecule has 0 saturated carbocycles. The zero-order valence-electron chi connectivity index (χ0n) is 12.2. The zero-order valence-corrected chi connectivity index (χ0v) is 12.2. The van der Waals surface area contributed by atoms with Gasteiger partial charge in [-0.05, 0) is 51.7 Å². The molecule has 4 heteroatoms. The monoisotopic (exact) mass is 263 g/mol. The molecular formula is C15H25N3O. The molecule has 2 rings (SSSR count). The summed E-state index contributed by atoms with van der Waals surface area (Å²) in [7, 11) is 6.05. The fourth-order valence-electron chi connectivity index (χ4n) is 2.68. The normalized spacial score (nSPS) is 17.9. The molecule has 1 fully saturated rings. The van der Waals surface area contributed by atoms with Crippen LogP contribution in [0.25, 0.3) is 0 Å². The standard InChI is InChI=1S/C15H25N3O/c1-17-8-6-13(7-9-17)18(2)11-12-4-5-14(19-3)10-15(12)16/h4-5,10,13H,6-9,11,16H2,1-3H3. The first kappa shape index (κ1) is 14.2. The van der Waals surface area contributed by atoms with Gasteiger partial charge in [0.1, 0.15) is 5.75 Å². The molecule has 1 aliphatic rings. The van der Waals surface area contributed by atoms with Crippen molar-refractivity contribution < 1.29 is 4.74 Å². The molecule has 0 aromatic heterocycles.